The molecule has 0 aliphatic heterocycles. The first kappa shape index (κ1) is 12.7. The highest BCUT2D eigenvalue weighted by molar-refractivity contribution is 6.29. The van der Waals surface area contributed by atoms with Gasteiger partial charge in [-0.25, -0.2) is 4.79 Å². The average molecular weight is 266 g/mol. The summed E-state index contributed by atoms with van der Waals surface area (Å²) in [5.74, 6) is -1.11. The Morgan fingerprint density at radius 1 is 1.44 bits per heavy atom. The monoisotopic (exact) mass is 265 g/mol. The van der Waals surface area contributed by atoms with Gasteiger partial charge in [-0.2, -0.15) is 0 Å². The summed E-state index contributed by atoms with van der Waals surface area (Å²) >= 11 is 5.64. The molecule has 0 radical (unpaired) electrons. The maximum atomic E-state index is 11.1. The summed E-state index contributed by atoms with van der Waals surface area (Å²) < 4.78 is 5.32. The summed E-state index contributed by atoms with van der Waals surface area (Å²) in [5.41, 5.74) is 1.19. The zero-order valence-corrected chi connectivity index (χ0v) is 10.3. The first-order valence-corrected chi connectivity index (χ1v) is 5.75. The van der Waals surface area contributed by atoms with Gasteiger partial charge in [-0.05, 0) is 6.07 Å². The van der Waals surface area contributed by atoms with Crippen LogP contribution in [-0.4, -0.2) is 17.6 Å². The van der Waals surface area contributed by atoms with Gasteiger partial charge in [-0.3, -0.25) is 0 Å². The molecule has 0 saturated heterocycles. The molecule has 5 heteroatoms. The Morgan fingerprint density at radius 2 is 2.17 bits per heavy atom. The molecule has 0 fully saturated rings. The van der Waals surface area contributed by atoms with Crippen molar-refractivity contribution in [3.63, 3.8) is 0 Å². The number of carboxylic acid groups (broad SMARTS) is 1. The maximum absolute atomic E-state index is 11.1. The fourth-order valence-corrected chi connectivity index (χ4v) is 1.86. The van der Waals surface area contributed by atoms with Crippen LogP contribution in [0, 0.1) is 0 Å². The summed E-state index contributed by atoms with van der Waals surface area (Å²) in [6.45, 7) is 4.34. The van der Waals surface area contributed by atoms with E-state index in [4.69, 9.17) is 21.1 Å². The number of furan rings is 1. The molecule has 2 N–H and O–H groups in total. The van der Waals surface area contributed by atoms with Gasteiger partial charge in [0.25, 0.3) is 0 Å². The van der Waals surface area contributed by atoms with E-state index in [0.29, 0.717) is 29.3 Å². The lowest BCUT2D eigenvalue weighted by molar-refractivity contribution is 0.0663. The summed E-state index contributed by atoms with van der Waals surface area (Å²) in [7, 11) is 0. The molecule has 18 heavy (non-hydrogen) atoms. The normalized spacial score (nSPS) is 10.7. The first-order chi connectivity index (χ1) is 8.59. The zero-order chi connectivity index (χ0) is 13.1. The number of carbonyl (C=O) groups is 1. The molecule has 0 bridgehead atoms. The molecule has 1 heterocycles. The van der Waals surface area contributed by atoms with Gasteiger partial charge in [0.05, 0.1) is 0 Å². The van der Waals surface area contributed by atoms with Crippen molar-refractivity contribution in [2.75, 3.05) is 6.54 Å². The van der Waals surface area contributed by atoms with Crippen molar-refractivity contribution in [1.82, 2.24) is 5.32 Å². The largest absolute Gasteiger partial charge is 0.475 e. The molecule has 0 saturated carbocycles. The number of benzene rings is 1. The lowest BCUT2D eigenvalue weighted by Crippen LogP contribution is -2.16. The third-order valence-electron chi connectivity index (χ3n) is 2.51. The van der Waals surface area contributed by atoms with Gasteiger partial charge in [0, 0.05) is 29.1 Å². The predicted molar refractivity (Wildman–Crippen MR) is 69.9 cm³/mol. The molecule has 1 aromatic heterocycles. The number of carboxylic acids is 1. The van der Waals surface area contributed by atoms with Crippen LogP contribution >= 0.6 is 11.6 Å². The molecule has 0 atom stereocenters. The van der Waals surface area contributed by atoms with Crippen molar-refractivity contribution in [1.29, 1.82) is 0 Å². The van der Waals surface area contributed by atoms with Gasteiger partial charge in [0.1, 0.15) is 5.58 Å². The Bertz CT molecular complexity index is 603. The predicted octanol–water partition coefficient (Wildman–Crippen LogP) is 2.97. The minimum atomic E-state index is -1.08. The van der Waals surface area contributed by atoms with Crippen LogP contribution in [0.15, 0.2) is 40.3 Å². The van der Waals surface area contributed by atoms with Crippen LogP contribution in [0.3, 0.4) is 0 Å². The molecule has 0 spiro atoms. The van der Waals surface area contributed by atoms with Gasteiger partial charge in [-0.1, -0.05) is 36.4 Å². The highest BCUT2D eigenvalue weighted by Crippen LogP contribution is 2.25. The summed E-state index contributed by atoms with van der Waals surface area (Å²) in [6.07, 6.45) is 0. The van der Waals surface area contributed by atoms with E-state index in [2.05, 4.69) is 11.9 Å². The number of hydrogen-bond acceptors (Lipinski definition) is 3. The number of aromatic carboxylic acids is 1. The van der Waals surface area contributed by atoms with E-state index >= 15 is 0 Å². The van der Waals surface area contributed by atoms with E-state index in [1.54, 1.807) is 12.1 Å². The molecule has 2 rings (SSSR count). The van der Waals surface area contributed by atoms with Crippen molar-refractivity contribution < 1.29 is 14.3 Å². The lowest BCUT2D eigenvalue weighted by atomic mass is 10.1. The van der Waals surface area contributed by atoms with Gasteiger partial charge in [0.15, 0.2) is 0 Å². The molecule has 0 aliphatic rings. The molecule has 0 amide bonds. The molecule has 1 aromatic carbocycles. The molecule has 2 aromatic rings. The first-order valence-electron chi connectivity index (χ1n) is 5.37. The van der Waals surface area contributed by atoms with E-state index in [1.807, 2.05) is 12.1 Å². The number of para-hydroxylation sites is 1. The average Bonchev–Trinajstić information content (AvgIpc) is 2.68. The fraction of sp³-hybridized carbons (Fsp3) is 0.154. The Labute approximate surface area is 109 Å². The molecule has 4 nitrogen and oxygen atoms in total. The third kappa shape index (κ3) is 2.55. The maximum Gasteiger partial charge on any atom is 0.372 e. The van der Waals surface area contributed by atoms with Gasteiger partial charge in [-0.15, -0.1) is 0 Å². The lowest BCUT2D eigenvalue weighted by Gasteiger charge is -2.02. The van der Waals surface area contributed by atoms with Gasteiger partial charge >= 0.3 is 5.97 Å². The van der Waals surface area contributed by atoms with Gasteiger partial charge < -0.3 is 14.8 Å². The van der Waals surface area contributed by atoms with Crippen LogP contribution in [0.1, 0.15) is 16.1 Å². The van der Waals surface area contributed by atoms with E-state index in [9.17, 15) is 4.79 Å². The molecule has 0 aliphatic carbocycles. The zero-order valence-electron chi connectivity index (χ0n) is 9.57. The number of rotatable bonds is 5. The number of fused-ring (bicyclic) bond motifs is 1. The number of nitrogens with one attached hydrogen (secondary N) is 1. The van der Waals surface area contributed by atoms with E-state index in [0.717, 1.165) is 5.39 Å². The van der Waals surface area contributed by atoms with Crippen LogP contribution in [0.25, 0.3) is 11.0 Å². The highest BCUT2D eigenvalue weighted by atomic mass is 35.5. The van der Waals surface area contributed by atoms with E-state index in [-0.39, 0.29) is 5.76 Å². The molecular weight excluding hydrogens is 254 g/mol. The van der Waals surface area contributed by atoms with Crippen molar-refractivity contribution in [3.05, 3.63) is 47.2 Å². The van der Waals surface area contributed by atoms with Crippen LogP contribution in [0.4, 0.5) is 0 Å². The van der Waals surface area contributed by atoms with E-state index < -0.39 is 5.97 Å². The smallest absolute Gasteiger partial charge is 0.372 e. The Balaban J connectivity index is 2.36. The molecule has 0 unspecified atom stereocenters. The number of halogens is 1. The van der Waals surface area contributed by atoms with Gasteiger partial charge in [0.2, 0.25) is 5.76 Å². The van der Waals surface area contributed by atoms with Crippen LogP contribution in [-0.2, 0) is 6.54 Å². The Kier molecular flexibility index (Phi) is 3.69. The molecular formula is C13H12ClNO3. The second-order valence-electron chi connectivity index (χ2n) is 3.83. The summed E-state index contributed by atoms with van der Waals surface area (Å²) in [5, 5.41) is 13.4. The SMILES string of the molecule is C=C(Cl)CNCc1c(C(=O)O)oc2ccccc12. The topological polar surface area (TPSA) is 62.5 Å². The minimum absolute atomic E-state index is 0.0381. The Morgan fingerprint density at radius 3 is 2.83 bits per heavy atom. The van der Waals surface area contributed by atoms with Crippen LogP contribution < -0.4 is 5.32 Å². The van der Waals surface area contributed by atoms with Crippen molar-refractivity contribution in [2.45, 2.75) is 6.54 Å². The third-order valence-corrected chi connectivity index (χ3v) is 2.64. The second-order valence-corrected chi connectivity index (χ2v) is 4.37. The highest BCUT2D eigenvalue weighted by Gasteiger charge is 2.18. The fourth-order valence-electron chi connectivity index (χ4n) is 1.77. The van der Waals surface area contributed by atoms with Crippen molar-refractivity contribution in [2.24, 2.45) is 0 Å². The Hall–Kier alpha value is -1.78. The second kappa shape index (κ2) is 5.25. The summed E-state index contributed by atoms with van der Waals surface area (Å²) in [4.78, 5) is 11.1. The van der Waals surface area contributed by atoms with Crippen LogP contribution in [0.2, 0.25) is 0 Å². The van der Waals surface area contributed by atoms with E-state index in [1.165, 1.54) is 0 Å². The minimum Gasteiger partial charge on any atom is -0.475 e. The van der Waals surface area contributed by atoms with Crippen molar-refractivity contribution in [3.8, 4) is 0 Å². The number of hydrogen-bond donors (Lipinski definition) is 2. The van der Waals surface area contributed by atoms with Crippen molar-refractivity contribution >= 4 is 28.5 Å². The van der Waals surface area contributed by atoms with Crippen LogP contribution in [0.5, 0.6) is 0 Å². The standard InChI is InChI=1S/C13H12ClNO3/c1-8(14)6-15-7-10-9-4-2-3-5-11(9)18-12(10)13(16)17/h2-5,15H,1,6-7H2,(H,16,17). The summed E-state index contributed by atoms with van der Waals surface area (Å²) in [6, 6.07) is 7.21. The molecule has 94 valence electrons. The quantitative estimate of drug-likeness (QED) is 0.872.